The van der Waals surface area contributed by atoms with Gasteiger partial charge in [-0.05, 0) is 55.2 Å². The van der Waals surface area contributed by atoms with E-state index in [0.29, 0.717) is 12.5 Å². The standard InChI is InChI=1S/C20H25NO3/c1-14(2)12-23-18-10-8-17(9-11-18)21-19(22)13-24-20-15(3)6-5-7-16(20)4/h5-11,14H,12-13H2,1-4H3,(H,21,22). The Balaban J connectivity index is 1.86. The summed E-state index contributed by atoms with van der Waals surface area (Å²) in [6.45, 7) is 8.80. The molecule has 128 valence electrons. The van der Waals surface area contributed by atoms with Crippen LogP contribution in [0.2, 0.25) is 0 Å². The molecule has 0 aromatic heterocycles. The van der Waals surface area contributed by atoms with Crippen molar-refractivity contribution in [3.8, 4) is 11.5 Å². The van der Waals surface area contributed by atoms with Gasteiger partial charge in [-0.2, -0.15) is 0 Å². The van der Waals surface area contributed by atoms with E-state index < -0.39 is 0 Å². The Morgan fingerprint density at radius 3 is 2.21 bits per heavy atom. The van der Waals surface area contributed by atoms with E-state index in [1.54, 1.807) is 0 Å². The summed E-state index contributed by atoms with van der Waals surface area (Å²) < 4.78 is 11.3. The molecule has 1 amide bonds. The number of hydrogen-bond donors (Lipinski definition) is 1. The van der Waals surface area contributed by atoms with Gasteiger partial charge >= 0.3 is 0 Å². The van der Waals surface area contributed by atoms with Crippen LogP contribution < -0.4 is 14.8 Å². The molecule has 2 aromatic rings. The number of para-hydroxylation sites is 1. The van der Waals surface area contributed by atoms with Crippen LogP contribution in [0.5, 0.6) is 11.5 Å². The minimum absolute atomic E-state index is 0.0166. The summed E-state index contributed by atoms with van der Waals surface area (Å²) in [5.74, 6) is 1.86. The Labute approximate surface area is 143 Å². The highest BCUT2D eigenvalue weighted by atomic mass is 16.5. The van der Waals surface area contributed by atoms with E-state index in [4.69, 9.17) is 9.47 Å². The molecule has 0 saturated heterocycles. The fourth-order valence-corrected chi connectivity index (χ4v) is 2.26. The van der Waals surface area contributed by atoms with Crippen molar-refractivity contribution in [2.75, 3.05) is 18.5 Å². The molecule has 0 aliphatic rings. The number of carbonyl (C=O) groups excluding carboxylic acids is 1. The quantitative estimate of drug-likeness (QED) is 0.822. The molecule has 0 aliphatic heterocycles. The minimum atomic E-state index is -0.187. The highest BCUT2D eigenvalue weighted by molar-refractivity contribution is 5.91. The lowest BCUT2D eigenvalue weighted by Gasteiger charge is -2.12. The van der Waals surface area contributed by atoms with Gasteiger partial charge in [-0.15, -0.1) is 0 Å². The second-order valence-corrected chi connectivity index (χ2v) is 6.29. The number of ether oxygens (including phenoxy) is 2. The zero-order valence-corrected chi connectivity index (χ0v) is 14.8. The monoisotopic (exact) mass is 327 g/mol. The number of nitrogens with one attached hydrogen (secondary N) is 1. The van der Waals surface area contributed by atoms with Gasteiger partial charge in [0.2, 0.25) is 0 Å². The molecule has 0 unspecified atom stereocenters. The van der Waals surface area contributed by atoms with Gasteiger partial charge < -0.3 is 14.8 Å². The first kappa shape index (κ1) is 17.9. The van der Waals surface area contributed by atoms with E-state index in [0.717, 1.165) is 28.3 Å². The smallest absolute Gasteiger partial charge is 0.262 e. The number of benzene rings is 2. The van der Waals surface area contributed by atoms with Crippen LogP contribution in [0, 0.1) is 19.8 Å². The number of rotatable bonds is 7. The maximum Gasteiger partial charge on any atom is 0.262 e. The molecule has 0 atom stereocenters. The predicted octanol–water partition coefficient (Wildman–Crippen LogP) is 4.36. The number of carbonyl (C=O) groups is 1. The number of amides is 1. The topological polar surface area (TPSA) is 47.6 Å². The SMILES string of the molecule is Cc1cccc(C)c1OCC(=O)Nc1ccc(OCC(C)C)cc1. The Hall–Kier alpha value is -2.49. The molecule has 0 spiro atoms. The highest BCUT2D eigenvalue weighted by Crippen LogP contribution is 2.22. The molecule has 0 aliphatic carbocycles. The summed E-state index contributed by atoms with van der Waals surface area (Å²) in [5.41, 5.74) is 2.77. The first-order chi connectivity index (χ1) is 11.5. The second kappa shape index (κ2) is 8.39. The Morgan fingerprint density at radius 1 is 1.00 bits per heavy atom. The van der Waals surface area contributed by atoms with Crippen LogP contribution in [-0.4, -0.2) is 19.1 Å². The van der Waals surface area contributed by atoms with Crippen molar-refractivity contribution in [3.05, 3.63) is 53.6 Å². The summed E-state index contributed by atoms with van der Waals surface area (Å²) in [7, 11) is 0. The molecule has 0 saturated carbocycles. The molecular weight excluding hydrogens is 302 g/mol. The van der Waals surface area contributed by atoms with Crippen LogP contribution >= 0.6 is 0 Å². The summed E-state index contributed by atoms with van der Waals surface area (Å²) >= 11 is 0. The van der Waals surface area contributed by atoms with Crippen molar-refractivity contribution < 1.29 is 14.3 Å². The van der Waals surface area contributed by atoms with Crippen molar-refractivity contribution >= 4 is 11.6 Å². The van der Waals surface area contributed by atoms with Gasteiger partial charge in [0.05, 0.1) is 6.61 Å². The van der Waals surface area contributed by atoms with Gasteiger partial charge in [-0.1, -0.05) is 32.0 Å². The zero-order valence-electron chi connectivity index (χ0n) is 14.8. The van der Waals surface area contributed by atoms with Gasteiger partial charge in [-0.3, -0.25) is 4.79 Å². The lowest BCUT2D eigenvalue weighted by Crippen LogP contribution is -2.20. The summed E-state index contributed by atoms with van der Waals surface area (Å²) in [5, 5.41) is 2.82. The third-order valence-electron chi connectivity index (χ3n) is 3.48. The molecule has 0 heterocycles. The molecule has 0 fully saturated rings. The van der Waals surface area contributed by atoms with Gasteiger partial charge in [-0.25, -0.2) is 0 Å². The highest BCUT2D eigenvalue weighted by Gasteiger charge is 2.08. The largest absolute Gasteiger partial charge is 0.493 e. The normalized spacial score (nSPS) is 10.5. The minimum Gasteiger partial charge on any atom is -0.493 e. The summed E-state index contributed by atoms with van der Waals surface area (Å²) in [4.78, 5) is 12.0. The van der Waals surface area contributed by atoms with Gasteiger partial charge in [0.1, 0.15) is 11.5 Å². The molecule has 1 N–H and O–H groups in total. The van der Waals surface area contributed by atoms with Crippen LogP contribution in [0.15, 0.2) is 42.5 Å². The summed E-state index contributed by atoms with van der Waals surface area (Å²) in [6.07, 6.45) is 0. The number of anilines is 1. The molecule has 0 bridgehead atoms. The van der Waals surface area contributed by atoms with Gasteiger partial charge in [0.25, 0.3) is 5.91 Å². The summed E-state index contributed by atoms with van der Waals surface area (Å²) in [6, 6.07) is 13.3. The van der Waals surface area contributed by atoms with Crippen LogP contribution in [0.3, 0.4) is 0 Å². The Morgan fingerprint density at radius 2 is 1.62 bits per heavy atom. The van der Waals surface area contributed by atoms with E-state index in [2.05, 4.69) is 19.2 Å². The van der Waals surface area contributed by atoms with Crippen molar-refractivity contribution in [3.63, 3.8) is 0 Å². The maximum absolute atomic E-state index is 12.0. The number of hydrogen-bond acceptors (Lipinski definition) is 3. The van der Waals surface area contributed by atoms with E-state index >= 15 is 0 Å². The number of aryl methyl sites for hydroxylation is 2. The van der Waals surface area contributed by atoms with E-state index in [9.17, 15) is 4.79 Å². The van der Waals surface area contributed by atoms with Gasteiger partial charge in [0, 0.05) is 5.69 Å². The van der Waals surface area contributed by atoms with Crippen LogP contribution in [-0.2, 0) is 4.79 Å². The molecule has 2 rings (SSSR count). The molecule has 2 aromatic carbocycles. The van der Waals surface area contributed by atoms with E-state index in [-0.39, 0.29) is 12.5 Å². The van der Waals surface area contributed by atoms with Crippen LogP contribution in [0.4, 0.5) is 5.69 Å². The molecule has 24 heavy (non-hydrogen) atoms. The molecular formula is C20H25NO3. The Kier molecular flexibility index (Phi) is 6.24. The zero-order chi connectivity index (χ0) is 17.5. The van der Waals surface area contributed by atoms with Crippen LogP contribution in [0.25, 0.3) is 0 Å². The third kappa shape index (κ3) is 5.30. The lowest BCUT2D eigenvalue weighted by molar-refractivity contribution is -0.118. The van der Waals surface area contributed by atoms with Gasteiger partial charge in [0.15, 0.2) is 6.61 Å². The van der Waals surface area contributed by atoms with E-state index in [1.807, 2.05) is 56.3 Å². The second-order valence-electron chi connectivity index (χ2n) is 6.29. The average Bonchev–Trinajstić information content (AvgIpc) is 2.53. The molecule has 0 radical (unpaired) electrons. The molecule has 4 nitrogen and oxygen atoms in total. The lowest BCUT2D eigenvalue weighted by atomic mass is 10.1. The maximum atomic E-state index is 12.0. The predicted molar refractivity (Wildman–Crippen MR) is 96.8 cm³/mol. The fraction of sp³-hybridized carbons (Fsp3) is 0.350. The first-order valence-electron chi connectivity index (χ1n) is 8.17. The van der Waals surface area contributed by atoms with Crippen molar-refractivity contribution in [2.45, 2.75) is 27.7 Å². The van der Waals surface area contributed by atoms with Crippen molar-refractivity contribution in [1.82, 2.24) is 0 Å². The fourth-order valence-electron chi connectivity index (χ4n) is 2.26. The average molecular weight is 327 g/mol. The first-order valence-corrected chi connectivity index (χ1v) is 8.17. The molecule has 4 heteroatoms. The van der Waals surface area contributed by atoms with E-state index in [1.165, 1.54) is 0 Å². The van der Waals surface area contributed by atoms with Crippen molar-refractivity contribution in [2.24, 2.45) is 5.92 Å². The Bertz CT molecular complexity index is 658. The van der Waals surface area contributed by atoms with Crippen LogP contribution in [0.1, 0.15) is 25.0 Å². The van der Waals surface area contributed by atoms with Crippen molar-refractivity contribution in [1.29, 1.82) is 0 Å². The third-order valence-corrected chi connectivity index (χ3v) is 3.48.